The predicted molar refractivity (Wildman–Crippen MR) is 49.0 cm³/mol. The number of aryl methyl sites for hydroxylation is 1. The average Bonchev–Trinajstić information content (AvgIpc) is 2.15. The van der Waals surface area contributed by atoms with Crippen LogP contribution in [0.5, 0.6) is 11.5 Å². The lowest BCUT2D eigenvalue weighted by Crippen LogP contribution is -1.93. The Kier molecular flexibility index (Phi) is 3.31. The van der Waals surface area contributed by atoms with E-state index in [9.17, 15) is 9.90 Å². The predicted octanol–water partition coefficient (Wildman–Crippen LogP) is 1.53. The van der Waals surface area contributed by atoms with Crippen molar-refractivity contribution in [3.05, 3.63) is 23.8 Å². The van der Waals surface area contributed by atoms with Crippen LogP contribution < -0.4 is 4.74 Å². The van der Waals surface area contributed by atoms with Crippen molar-refractivity contribution in [1.29, 1.82) is 0 Å². The molecule has 0 unspecified atom stereocenters. The zero-order valence-corrected chi connectivity index (χ0v) is 7.49. The topological polar surface area (TPSA) is 46.5 Å². The summed E-state index contributed by atoms with van der Waals surface area (Å²) in [4.78, 5) is 10.2. The molecule has 13 heavy (non-hydrogen) atoms. The van der Waals surface area contributed by atoms with Gasteiger partial charge in [0.25, 0.3) is 0 Å². The van der Waals surface area contributed by atoms with E-state index >= 15 is 0 Å². The van der Waals surface area contributed by atoms with Gasteiger partial charge in [-0.3, -0.25) is 0 Å². The number of aromatic hydroxyl groups is 1. The SMILES string of the molecule is COc1c(O)cccc1CCC=O. The number of para-hydroxylation sites is 1. The lowest BCUT2D eigenvalue weighted by atomic mass is 10.1. The van der Waals surface area contributed by atoms with Crippen molar-refractivity contribution in [1.82, 2.24) is 0 Å². The summed E-state index contributed by atoms with van der Waals surface area (Å²) < 4.78 is 5.01. The molecule has 0 aliphatic carbocycles. The van der Waals surface area contributed by atoms with Gasteiger partial charge in [-0.15, -0.1) is 0 Å². The van der Waals surface area contributed by atoms with E-state index in [1.165, 1.54) is 7.11 Å². The van der Waals surface area contributed by atoms with Gasteiger partial charge in [-0.1, -0.05) is 12.1 Å². The normalized spacial score (nSPS) is 9.62. The van der Waals surface area contributed by atoms with Crippen LogP contribution in [0.25, 0.3) is 0 Å². The maximum absolute atomic E-state index is 10.2. The van der Waals surface area contributed by atoms with Gasteiger partial charge >= 0.3 is 0 Å². The van der Waals surface area contributed by atoms with E-state index < -0.39 is 0 Å². The standard InChI is InChI=1S/C10H12O3/c1-13-10-8(5-3-7-11)4-2-6-9(10)12/h2,4,6-7,12H,3,5H2,1H3. The third-order valence-electron chi connectivity index (χ3n) is 1.81. The Balaban J connectivity index is 2.91. The molecule has 0 aliphatic heterocycles. The van der Waals surface area contributed by atoms with Crippen LogP contribution in [0.15, 0.2) is 18.2 Å². The van der Waals surface area contributed by atoms with Crippen LogP contribution >= 0.6 is 0 Å². The highest BCUT2D eigenvalue weighted by Crippen LogP contribution is 2.29. The minimum atomic E-state index is 0.117. The van der Waals surface area contributed by atoms with Crippen LogP contribution in [0.1, 0.15) is 12.0 Å². The Labute approximate surface area is 77.0 Å². The monoisotopic (exact) mass is 180 g/mol. The van der Waals surface area contributed by atoms with Gasteiger partial charge in [0.1, 0.15) is 6.29 Å². The summed E-state index contributed by atoms with van der Waals surface area (Å²) in [5, 5.41) is 9.38. The molecule has 0 heterocycles. The first kappa shape index (κ1) is 9.58. The first-order chi connectivity index (χ1) is 6.29. The van der Waals surface area contributed by atoms with Crippen LogP contribution in [0, 0.1) is 0 Å². The highest BCUT2D eigenvalue weighted by molar-refractivity contribution is 5.52. The third-order valence-corrected chi connectivity index (χ3v) is 1.81. The number of rotatable bonds is 4. The number of aldehydes is 1. The van der Waals surface area contributed by atoms with E-state index in [4.69, 9.17) is 4.74 Å². The van der Waals surface area contributed by atoms with Crippen LogP contribution in [0.2, 0.25) is 0 Å². The van der Waals surface area contributed by atoms with E-state index in [1.807, 2.05) is 6.07 Å². The number of hydrogen-bond donors (Lipinski definition) is 1. The zero-order valence-electron chi connectivity index (χ0n) is 7.49. The van der Waals surface area contributed by atoms with Crippen molar-refractivity contribution in [3.8, 4) is 11.5 Å². The van der Waals surface area contributed by atoms with Gasteiger partial charge in [-0.05, 0) is 18.1 Å². The largest absolute Gasteiger partial charge is 0.504 e. The summed E-state index contributed by atoms with van der Waals surface area (Å²) >= 11 is 0. The molecule has 0 saturated carbocycles. The fourth-order valence-electron chi connectivity index (χ4n) is 1.22. The van der Waals surface area contributed by atoms with Crippen LogP contribution in [0.4, 0.5) is 0 Å². The van der Waals surface area contributed by atoms with E-state index in [0.29, 0.717) is 18.6 Å². The number of carbonyl (C=O) groups excluding carboxylic acids is 1. The first-order valence-corrected chi connectivity index (χ1v) is 4.08. The van der Waals surface area contributed by atoms with Crippen molar-refractivity contribution in [2.24, 2.45) is 0 Å². The molecule has 1 N–H and O–H groups in total. The lowest BCUT2D eigenvalue weighted by molar-refractivity contribution is -0.107. The summed E-state index contributed by atoms with van der Waals surface area (Å²) in [5.41, 5.74) is 0.856. The van der Waals surface area contributed by atoms with Crippen LogP contribution in [-0.2, 0) is 11.2 Å². The summed E-state index contributed by atoms with van der Waals surface area (Å²) in [6.45, 7) is 0. The Morgan fingerprint density at radius 2 is 2.31 bits per heavy atom. The maximum atomic E-state index is 10.2. The van der Waals surface area contributed by atoms with Crippen molar-refractivity contribution in [3.63, 3.8) is 0 Å². The maximum Gasteiger partial charge on any atom is 0.163 e. The molecule has 0 saturated heterocycles. The molecule has 3 nitrogen and oxygen atoms in total. The molecule has 0 spiro atoms. The molecule has 70 valence electrons. The third kappa shape index (κ3) is 2.21. The zero-order chi connectivity index (χ0) is 9.68. The summed E-state index contributed by atoms with van der Waals surface area (Å²) in [6.07, 6.45) is 1.89. The molecule has 0 fully saturated rings. The number of phenols is 1. The minimum absolute atomic E-state index is 0.117. The van der Waals surface area contributed by atoms with Gasteiger partial charge in [-0.25, -0.2) is 0 Å². The average molecular weight is 180 g/mol. The van der Waals surface area contributed by atoms with Gasteiger partial charge in [0.2, 0.25) is 0 Å². The van der Waals surface area contributed by atoms with Gasteiger partial charge in [0.15, 0.2) is 11.5 Å². The number of ether oxygens (including phenoxy) is 1. The van der Waals surface area contributed by atoms with Crippen LogP contribution in [-0.4, -0.2) is 18.5 Å². The molecule has 3 heteroatoms. The summed E-state index contributed by atoms with van der Waals surface area (Å²) in [7, 11) is 1.50. The molecule has 1 aromatic rings. The highest BCUT2D eigenvalue weighted by atomic mass is 16.5. The van der Waals surface area contributed by atoms with Crippen molar-refractivity contribution >= 4 is 6.29 Å². The van der Waals surface area contributed by atoms with Gasteiger partial charge in [0, 0.05) is 6.42 Å². The number of hydrogen-bond acceptors (Lipinski definition) is 3. The number of carbonyl (C=O) groups is 1. The number of benzene rings is 1. The minimum Gasteiger partial charge on any atom is -0.504 e. The quantitative estimate of drug-likeness (QED) is 0.715. The number of phenolic OH excluding ortho intramolecular Hbond substituents is 1. The van der Waals surface area contributed by atoms with Gasteiger partial charge in [0.05, 0.1) is 7.11 Å². The molecule has 0 radical (unpaired) electrons. The highest BCUT2D eigenvalue weighted by Gasteiger charge is 2.06. The van der Waals surface area contributed by atoms with Crippen molar-refractivity contribution in [2.75, 3.05) is 7.11 Å². The van der Waals surface area contributed by atoms with Gasteiger partial charge < -0.3 is 14.6 Å². The molecule has 1 aromatic carbocycles. The van der Waals surface area contributed by atoms with E-state index in [0.717, 1.165) is 11.8 Å². The Hall–Kier alpha value is -1.51. The summed E-state index contributed by atoms with van der Waals surface area (Å²) in [5.74, 6) is 0.579. The van der Waals surface area contributed by atoms with E-state index in [2.05, 4.69) is 0 Å². The molecular weight excluding hydrogens is 168 g/mol. The fourth-order valence-corrected chi connectivity index (χ4v) is 1.22. The summed E-state index contributed by atoms with van der Waals surface area (Å²) in [6, 6.07) is 5.13. The van der Waals surface area contributed by atoms with Crippen molar-refractivity contribution < 1.29 is 14.6 Å². The Bertz CT molecular complexity index is 294. The molecule has 0 aromatic heterocycles. The molecular formula is C10H12O3. The second kappa shape index (κ2) is 4.50. The second-order valence-electron chi connectivity index (χ2n) is 2.67. The van der Waals surface area contributed by atoms with Crippen LogP contribution in [0.3, 0.4) is 0 Å². The molecule has 0 atom stereocenters. The fraction of sp³-hybridized carbons (Fsp3) is 0.300. The van der Waals surface area contributed by atoms with Gasteiger partial charge in [-0.2, -0.15) is 0 Å². The van der Waals surface area contributed by atoms with Crippen molar-refractivity contribution in [2.45, 2.75) is 12.8 Å². The molecule has 0 bridgehead atoms. The smallest absolute Gasteiger partial charge is 0.163 e. The molecule has 0 aliphatic rings. The first-order valence-electron chi connectivity index (χ1n) is 4.08. The van der Waals surface area contributed by atoms with E-state index in [1.54, 1.807) is 12.1 Å². The molecule has 1 rings (SSSR count). The lowest BCUT2D eigenvalue weighted by Gasteiger charge is -2.08. The molecule has 0 amide bonds. The Morgan fingerprint density at radius 3 is 2.92 bits per heavy atom. The van der Waals surface area contributed by atoms with E-state index in [-0.39, 0.29) is 5.75 Å². The number of methoxy groups -OCH3 is 1. The Morgan fingerprint density at radius 1 is 1.54 bits per heavy atom. The second-order valence-corrected chi connectivity index (χ2v) is 2.67.